The fourth-order valence-electron chi connectivity index (χ4n) is 1.76. The maximum Gasteiger partial charge on any atom is 0.118 e. The molecule has 1 aromatic carbocycles. The molecule has 3 nitrogen and oxygen atoms in total. The zero-order valence-corrected chi connectivity index (χ0v) is 11.8. The number of nitrogens with zero attached hydrogens (tertiary/aromatic N) is 1. The lowest BCUT2D eigenvalue weighted by Gasteiger charge is -2.13. The number of rotatable bonds is 5. The molecule has 1 N–H and O–H groups in total. The lowest BCUT2D eigenvalue weighted by Crippen LogP contribution is -2.18. The number of hydrogen-bond acceptors (Lipinski definition) is 4. The third kappa shape index (κ3) is 3.31. The molecule has 1 aromatic heterocycles. The average molecular weight is 262 g/mol. The minimum Gasteiger partial charge on any atom is -0.497 e. The second kappa shape index (κ2) is 5.98. The van der Waals surface area contributed by atoms with Crippen molar-refractivity contribution in [3.63, 3.8) is 0 Å². The van der Waals surface area contributed by atoms with Crippen molar-refractivity contribution in [2.45, 2.75) is 26.4 Å². The first-order chi connectivity index (χ1) is 8.69. The van der Waals surface area contributed by atoms with Crippen LogP contribution in [0.5, 0.6) is 5.75 Å². The van der Waals surface area contributed by atoms with Gasteiger partial charge in [0.2, 0.25) is 0 Å². The lowest BCUT2D eigenvalue weighted by molar-refractivity contribution is 0.414. The minimum atomic E-state index is 0.304. The van der Waals surface area contributed by atoms with E-state index < -0.39 is 0 Å². The van der Waals surface area contributed by atoms with Gasteiger partial charge in [0, 0.05) is 18.0 Å². The van der Waals surface area contributed by atoms with Crippen LogP contribution < -0.4 is 10.1 Å². The summed E-state index contributed by atoms with van der Waals surface area (Å²) < 4.78 is 5.15. The molecule has 2 aromatic rings. The van der Waals surface area contributed by atoms with E-state index in [0.29, 0.717) is 6.04 Å². The normalized spacial score (nSPS) is 12.4. The average Bonchev–Trinajstić information content (AvgIpc) is 2.82. The fraction of sp³-hybridized carbons (Fsp3) is 0.357. The van der Waals surface area contributed by atoms with E-state index in [-0.39, 0.29) is 0 Å². The van der Waals surface area contributed by atoms with Gasteiger partial charge in [-0.05, 0) is 31.5 Å². The molecule has 0 fully saturated rings. The number of nitrogens with one attached hydrogen (secondary N) is 1. The number of benzene rings is 1. The summed E-state index contributed by atoms with van der Waals surface area (Å²) in [4.78, 5) is 4.44. The monoisotopic (exact) mass is 262 g/mol. The van der Waals surface area contributed by atoms with Crippen molar-refractivity contribution in [3.8, 4) is 5.75 Å². The van der Waals surface area contributed by atoms with Crippen LogP contribution in [-0.2, 0) is 6.54 Å². The Labute approximate surface area is 112 Å². The van der Waals surface area contributed by atoms with Gasteiger partial charge >= 0.3 is 0 Å². The Kier molecular flexibility index (Phi) is 4.33. The van der Waals surface area contributed by atoms with Gasteiger partial charge in [0.1, 0.15) is 5.75 Å². The van der Waals surface area contributed by atoms with E-state index in [9.17, 15) is 0 Å². The van der Waals surface area contributed by atoms with Gasteiger partial charge < -0.3 is 10.1 Å². The second-order valence-electron chi connectivity index (χ2n) is 4.23. The SMILES string of the molecule is COc1ccc(C(C)NCc2csc(C)n2)cc1. The van der Waals surface area contributed by atoms with Crippen LogP contribution in [0.1, 0.15) is 29.2 Å². The fourth-order valence-corrected chi connectivity index (χ4v) is 2.37. The third-order valence-corrected chi connectivity index (χ3v) is 3.69. The summed E-state index contributed by atoms with van der Waals surface area (Å²) in [6, 6.07) is 8.45. The summed E-state index contributed by atoms with van der Waals surface area (Å²) in [6.07, 6.45) is 0. The van der Waals surface area contributed by atoms with Crippen molar-refractivity contribution in [2.24, 2.45) is 0 Å². The number of hydrogen-bond donors (Lipinski definition) is 1. The molecule has 0 aliphatic carbocycles. The first-order valence-electron chi connectivity index (χ1n) is 5.97. The van der Waals surface area contributed by atoms with E-state index in [1.54, 1.807) is 18.4 Å². The first-order valence-corrected chi connectivity index (χ1v) is 6.85. The molecule has 0 aliphatic rings. The van der Waals surface area contributed by atoms with Gasteiger partial charge in [0.05, 0.1) is 17.8 Å². The van der Waals surface area contributed by atoms with Crippen LogP contribution in [0.4, 0.5) is 0 Å². The van der Waals surface area contributed by atoms with E-state index in [1.165, 1.54) is 5.56 Å². The smallest absolute Gasteiger partial charge is 0.118 e. The predicted molar refractivity (Wildman–Crippen MR) is 75.1 cm³/mol. The predicted octanol–water partition coefficient (Wildman–Crippen LogP) is 3.31. The Balaban J connectivity index is 1.92. The summed E-state index contributed by atoms with van der Waals surface area (Å²) in [5.74, 6) is 0.890. The molecule has 2 rings (SSSR count). The molecule has 1 heterocycles. The third-order valence-electron chi connectivity index (χ3n) is 2.87. The van der Waals surface area contributed by atoms with E-state index in [0.717, 1.165) is 23.0 Å². The topological polar surface area (TPSA) is 34.1 Å². The zero-order chi connectivity index (χ0) is 13.0. The van der Waals surface area contributed by atoms with Crippen molar-refractivity contribution in [1.82, 2.24) is 10.3 Å². The molecule has 18 heavy (non-hydrogen) atoms. The van der Waals surface area contributed by atoms with Crippen LogP contribution in [0.25, 0.3) is 0 Å². The van der Waals surface area contributed by atoms with E-state index in [1.807, 2.05) is 19.1 Å². The summed E-state index contributed by atoms with van der Waals surface area (Å²) >= 11 is 1.69. The maximum absolute atomic E-state index is 5.15. The molecule has 0 radical (unpaired) electrons. The van der Waals surface area contributed by atoms with Crippen LogP contribution in [0.15, 0.2) is 29.6 Å². The van der Waals surface area contributed by atoms with Crippen molar-refractivity contribution >= 4 is 11.3 Å². The number of ether oxygens (including phenoxy) is 1. The van der Waals surface area contributed by atoms with Gasteiger partial charge in [-0.1, -0.05) is 12.1 Å². The molecule has 0 amide bonds. The molecule has 0 saturated carbocycles. The Morgan fingerprint density at radius 2 is 2.06 bits per heavy atom. The molecular formula is C14H18N2OS. The maximum atomic E-state index is 5.15. The molecule has 0 bridgehead atoms. The summed E-state index contributed by atoms with van der Waals surface area (Å²) in [5, 5.41) is 6.68. The molecular weight excluding hydrogens is 244 g/mol. The quantitative estimate of drug-likeness (QED) is 0.897. The van der Waals surface area contributed by atoms with E-state index >= 15 is 0 Å². The first kappa shape index (κ1) is 13.1. The number of aryl methyl sites for hydroxylation is 1. The Bertz CT molecular complexity index is 493. The number of aromatic nitrogens is 1. The molecule has 0 spiro atoms. The molecule has 96 valence electrons. The summed E-state index contributed by atoms with van der Waals surface area (Å²) in [7, 11) is 1.68. The van der Waals surface area contributed by atoms with Crippen LogP contribution in [0, 0.1) is 6.92 Å². The van der Waals surface area contributed by atoms with Gasteiger partial charge in [0.25, 0.3) is 0 Å². The van der Waals surface area contributed by atoms with Crippen molar-refractivity contribution in [2.75, 3.05) is 7.11 Å². The Morgan fingerprint density at radius 1 is 1.33 bits per heavy atom. The van der Waals surface area contributed by atoms with Gasteiger partial charge in [0.15, 0.2) is 0 Å². The van der Waals surface area contributed by atoms with Crippen molar-refractivity contribution in [3.05, 3.63) is 45.9 Å². The largest absolute Gasteiger partial charge is 0.497 e. The van der Waals surface area contributed by atoms with Crippen molar-refractivity contribution < 1.29 is 4.74 Å². The standard InChI is InChI=1S/C14H18N2OS/c1-10(12-4-6-14(17-3)7-5-12)15-8-13-9-18-11(2)16-13/h4-7,9-10,15H,8H2,1-3H3. The van der Waals surface area contributed by atoms with Crippen LogP contribution in [-0.4, -0.2) is 12.1 Å². The highest BCUT2D eigenvalue weighted by Gasteiger charge is 2.06. The number of thiazole rings is 1. The summed E-state index contributed by atoms with van der Waals surface area (Å²) in [6.45, 7) is 4.99. The lowest BCUT2D eigenvalue weighted by atomic mass is 10.1. The van der Waals surface area contributed by atoms with Crippen LogP contribution in [0.3, 0.4) is 0 Å². The number of methoxy groups -OCH3 is 1. The molecule has 4 heteroatoms. The van der Waals surface area contributed by atoms with Crippen LogP contribution in [0.2, 0.25) is 0 Å². The minimum absolute atomic E-state index is 0.304. The van der Waals surface area contributed by atoms with Gasteiger partial charge in [-0.3, -0.25) is 0 Å². The van der Waals surface area contributed by atoms with E-state index in [2.05, 4.69) is 34.7 Å². The van der Waals surface area contributed by atoms with Crippen molar-refractivity contribution in [1.29, 1.82) is 0 Å². The molecule has 0 saturated heterocycles. The second-order valence-corrected chi connectivity index (χ2v) is 5.30. The van der Waals surface area contributed by atoms with Crippen LogP contribution >= 0.6 is 11.3 Å². The summed E-state index contributed by atoms with van der Waals surface area (Å²) in [5.41, 5.74) is 2.36. The highest BCUT2D eigenvalue weighted by Crippen LogP contribution is 2.18. The highest BCUT2D eigenvalue weighted by atomic mass is 32.1. The molecule has 1 atom stereocenters. The molecule has 0 aliphatic heterocycles. The zero-order valence-electron chi connectivity index (χ0n) is 10.9. The van der Waals surface area contributed by atoms with Gasteiger partial charge in [-0.15, -0.1) is 11.3 Å². The Hall–Kier alpha value is -1.39. The van der Waals surface area contributed by atoms with Gasteiger partial charge in [-0.25, -0.2) is 4.98 Å². The van der Waals surface area contributed by atoms with Gasteiger partial charge in [-0.2, -0.15) is 0 Å². The Morgan fingerprint density at radius 3 is 2.61 bits per heavy atom. The highest BCUT2D eigenvalue weighted by molar-refractivity contribution is 7.09. The van der Waals surface area contributed by atoms with E-state index in [4.69, 9.17) is 4.74 Å². The molecule has 1 unspecified atom stereocenters.